The third-order valence-electron chi connectivity index (χ3n) is 4.25. The highest BCUT2D eigenvalue weighted by atomic mass is 16.5. The van der Waals surface area contributed by atoms with Crippen LogP contribution in [-0.4, -0.2) is 19.7 Å². The SMILES string of the molecule is O=c1cnc2ccccc2n1Cc1nc(C2CCCC2)no1. The molecule has 6 heteroatoms. The Bertz CT molecular complexity index is 862. The van der Waals surface area contributed by atoms with Crippen LogP contribution in [0.5, 0.6) is 0 Å². The van der Waals surface area contributed by atoms with Gasteiger partial charge in [-0.15, -0.1) is 0 Å². The molecule has 1 aliphatic carbocycles. The molecular formula is C16H16N4O2. The summed E-state index contributed by atoms with van der Waals surface area (Å²) in [6.07, 6.45) is 6.02. The number of fused-ring (bicyclic) bond motifs is 1. The first kappa shape index (κ1) is 13.2. The number of rotatable bonds is 3. The van der Waals surface area contributed by atoms with Gasteiger partial charge >= 0.3 is 0 Å². The maximum atomic E-state index is 12.1. The summed E-state index contributed by atoms with van der Waals surface area (Å²) in [4.78, 5) is 20.7. The molecule has 1 aliphatic rings. The molecule has 0 N–H and O–H groups in total. The Morgan fingerprint density at radius 3 is 2.91 bits per heavy atom. The lowest BCUT2D eigenvalue weighted by Gasteiger charge is -2.06. The zero-order chi connectivity index (χ0) is 14.9. The fraction of sp³-hybridized carbons (Fsp3) is 0.375. The molecule has 4 rings (SSSR count). The van der Waals surface area contributed by atoms with Crippen molar-refractivity contribution in [3.63, 3.8) is 0 Å². The van der Waals surface area contributed by atoms with Gasteiger partial charge in [0.1, 0.15) is 6.54 Å². The molecule has 1 saturated carbocycles. The summed E-state index contributed by atoms with van der Waals surface area (Å²) in [6, 6.07) is 7.54. The predicted octanol–water partition coefficient (Wildman–Crippen LogP) is 2.49. The molecule has 0 amide bonds. The number of hydrogen-bond acceptors (Lipinski definition) is 5. The average molecular weight is 296 g/mol. The van der Waals surface area contributed by atoms with Crippen molar-refractivity contribution in [3.05, 3.63) is 52.5 Å². The molecule has 22 heavy (non-hydrogen) atoms. The van der Waals surface area contributed by atoms with Crippen LogP contribution in [0.2, 0.25) is 0 Å². The van der Waals surface area contributed by atoms with Gasteiger partial charge in [-0.2, -0.15) is 4.98 Å². The van der Waals surface area contributed by atoms with Crippen molar-refractivity contribution in [1.82, 2.24) is 19.7 Å². The van der Waals surface area contributed by atoms with Gasteiger partial charge < -0.3 is 4.52 Å². The monoisotopic (exact) mass is 296 g/mol. The summed E-state index contributed by atoms with van der Waals surface area (Å²) in [5.74, 6) is 1.66. The largest absolute Gasteiger partial charge is 0.337 e. The maximum absolute atomic E-state index is 12.1. The second kappa shape index (κ2) is 5.36. The Morgan fingerprint density at radius 1 is 1.23 bits per heavy atom. The minimum Gasteiger partial charge on any atom is -0.337 e. The Morgan fingerprint density at radius 2 is 2.05 bits per heavy atom. The zero-order valence-electron chi connectivity index (χ0n) is 12.1. The van der Waals surface area contributed by atoms with Crippen molar-refractivity contribution in [1.29, 1.82) is 0 Å². The second-order valence-corrected chi connectivity index (χ2v) is 5.70. The third kappa shape index (κ3) is 2.30. The van der Waals surface area contributed by atoms with E-state index in [0.717, 1.165) is 29.7 Å². The van der Waals surface area contributed by atoms with E-state index in [2.05, 4.69) is 15.1 Å². The lowest BCUT2D eigenvalue weighted by atomic mass is 10.1. The summed E-state index contributed by atoms with van der Waals surface area (Å²) in [7, 11) is 0. The normalized spacial score (nSPS) is 15.6. The van der Waals surface area contributed by atoms with E-state index in [1.54, 1.807) is 4.57 Å². The number of para-hydroxylation sites is 2. The lowest BCUT2D eigenvalue weighted by Crippen LogP contribution is -2.21. The van der Waals surface area contributed by atoms with Crippen molar-refractivity contribution in [2.24, 2.45) is 0 Å². The Balaban J connectivity index is 1.69. The van der Waals surface area contributed by atoms with Gasteiger partial charge in [0.05, 0.1) is 17.2 Å². The number of hydrogen-bond donors (Lipinski definition) is 0. The van der Waals surface area contributed by atoms with E-state index < -0.39 is 0 Å². The fourth-order valence-corrected chi connectivity index (χ4v) is 3.10. The van der Waals surface area contributed by atoms with Crippen LogP contribution in [0.1, 0.15) is 43.3 Å². The van der Waals surface area contributed by atoms with Crippen LogP contribution in [-0.2, 0) is 6.54 Å². The molecular weight excluding hydrogens is 280 g/mol. The molecule has 0 bridgehead atoms. The Hall–Kier alpha value is -2.50. The second-order valence-electron chi connectivity index (χ2n) is 5.70. The van der Waals surface area contributed by atoms with E-state index in [-0.39, 0.29) is 12.1 Å². The van der Waals surface area contributed by atoms with Crippen LogP contribution in [0.4, 0.5) is 0 Å². The highest BCUT2D eigenvalue weighted by Crippen LogP contribution is 2.32. The van der Waals surface area contributed by atoms with Gasteiger partial charge in [0.2, 0.25) is 5.89 Å². The quantitative estimate of drug-likeness (QED) is 0.742. The highest BCUT2D eigenvalue weighted by Gasteiger charge is 2.22. The summed E-state index contributed by atoms with van der Waals surface area (Å²) in [6.45, 7) is 0.279. The maximum Gasteiger partial charge on any atom is 0.269 e. The predicted molar refractivity (Wildman–Crippen MR) is 80.6 cm³/mol. The standard InChI is InChI=1S/C16H16N4O2/c21-15-9-17-12-7-3-4-8-13(12)20(15)10-14-18-16(19-22-14)11-5-1-2-6-11/h3-4,7-9,11H,1-2,5-6,10H2. The molecule has 6 nitrogen and oxygen atoms in total. The van der Waals surface area contributed by atoms with Crippen molar-refractivity contribution < 1.29 is 4.52 Å². The zero-order valence-corrected chi connectivity index (χ0v) is 12.1. The Kier molecular flexibility index (Phi) is 3.21. The molecule has 0 atom stereocenters. The number of benzene rings is 1. The van der Waals surface area contributed by atoms with Crippen molar-refractivity contribution in [3.8, 4) is 0 Å². The van der Waals surface area contributed by atoms with Gasteiger partial charge in [0, 0.05) is 5.92 Å². The van der Waals surface area contributed by atoms with Gasteiger partial charge in [-0.25, -0.2) is 4.98 Å². The lowest BCUT2D eigenvalue weighted by molar-refractivity contribution is 0.363. The molecule has 112 valence electrons. The van der Waals surface area contributed by atoms with Crippen LogP contribution < -0.4 is 5.56 Å². The van der Waals surface area contributed by atoms with Gasteiger partial charge in [-0.1, -0.05) is 30.1 Å². The van der Waals surface area contributed by atoms with Crippen molar-refractivity contribution in [2.75, 3.05) is 0 Å². The molecule has 1 fully saturated rings. The van der Waals surface area contributed by atoms with Crippen molar-refractivity contribution in [2.45, 2.75) is 38.1 Å². The minimum atomic E-state index is -0.167. The van der Waals surface area contributed by atoms with Crippen LogP contribution >= 0.6 is 0 Å². The molecule has 3 aromatic rings. The summed E-state index contributed by atoms with van der Waals surface area (Å²) < 4.78 is 6.96. The minimum absolute atomic E-state index is 0.167. The van der Waals surface area contributed by atoms with Gasteiger partial charge in [-0.05, 0) is 25.0 Å². The summed E-state index contributed by atoms with van der Waals surface area (Å²) in [5.41, 5.74) is 1.38. The van der Waals surface area contributed by atoms with Crippen molar-refractivity contribution >= 4 is 11.0 Å². The van der Waals surface area contributed by atoms with E-state index in [4.69, 9.17) is 4.52 Å². The van der Waals surface area contributed by atoms with Gasteiger partial charge in [-0.3, -0.25) is 9.36 Å². The Labute approximate surface area is 126 Å². The van der Waals surface area contributed by atoms with Gasteiger partial charge in [0.15, 0.2) is 5.82 Å². The summed E-state index contributed by atoms with van der Waals surface area (Å²) in [5, 5.41) is 4.09. The molecule has 0 aliphatic heterocycles. The number of nitrogens with zero attached hydrogens (tertiary/aromatic N) is 4. The highest BCUT2D eigenvalue weighted by molar-refractivity contribution is 5.74. The molecule has 1 aromatic carbocycles. The van der Waals surface area contributed by atoms with E-state index in [0.29, 0.717) is 11.8 Å². The van der Waals surface area contributed by atoms with Crippen LogP contribution in [0.3, 0.4) is 0 Å². The third-order valence-corrected chi connectivity index (χ3v) is 4.25. The van der Waals surface area contributed by atoms with Crippen LogP contribution in [0.15, 0.2) is 39.8 Å². The molecule has 0 saturated heterocycles. The summed E-state index contributed by atoms with van der Waals surface area (Å²) >= 11 is 0. The van der Waals surface area contributed by atoms with Gasteiger partial charge in [0.25, 0.3) is 5.56 Å². The fourth-order valence-electron chi connectivity index (χ4n) is 3.10. The molecule has 0 unspecified atom stereocenters. The first-order chi connectivity index (χ1) is 10.8. The first-order valence-corrected chi connectivity index (χ1v) is 7.58. The molecule has 2 heterocycles. The van der Waals surface area contributed by atoms with E-state index in [9.17, 15) is 4.79 Å². The topological polar surface area (TPSA) is 73.8 Å². The van der Waals surface area contributed by atoms with Crippen LogP contribution in [0, 0.1) is 0 Å². The van der Waals surface area contributed by atoms with Crippen LogP contribution in [0.25, 0.3) is 11.0 Å². The first-order valence-electron chi connectivity index (χ1n) is 7.58. The van der Waals surface area contributed by atoms with E-state index in [1.807, 2.05) is 24.3 Å². The van der Waals surface area contributed by atoms with E-state index >= 15 is 0 Å². The smallest absolute Gasteiger partial charge is 0.269 e. The molecule has 2 aromatic heterocycles. The molecule has 0 radical (unpaired) electrons. The molecule has 0 spiro atoms. The van der Waals surface area contributed by atoms with E-state index in [1.165, 1.54) is 19.0 Å². The average Bonchev–Trinajstić information content (AvgIpc) is 3.21. The number of aromatic nitrogens is 4.